The van der Waals surface area contributed by atoms with Crippen molar-refractivity contribution in [3.05, 3.63) is 60.6 Å². The SMILES string of the molecule is O=C(Nc1ccc2c(c1)OCO2)C1Cc2c(-c3cccnc3)ccnc2O1. The van der Waals surface area contributed by atoms with Crippen molar-refractivity contribution in [3.8, 4) is 28.5 Å². The molecule has 0 saturated heterocycles. The predicted molar refractivity (Wildman–Crippen MR) is 96.8 cm³/mol. The lowest BCUT2D eigenvalue weighted by atomic mass is 10.00. The number of ether oxygens (including phenoxy) is 3. The third-order valence-electron chi connectivity index (χ3n) is 4.56. The van der Waals surface area contributed by atoms with Gasteiger partial charge in [-0.25, -0.2) is 4.98 Å². The summed E-state index contributed by atoms with van der Waals surface area (Å²) in [4.78, 5) is 21.1. The van der Waals surface area contributed by atoms with Gasteiger partial charge in [0.25, 0.3) is 5.91 Å². The zero-order valence-corrected chi connectivity index (χ0v) is 14.2. The number of nitrogens with one attached hydrogen (secondary N) is 1. The zero-order chi connectivity index (χ0) is 18.2. The monoisotopic (exact) mass is 361 g/mol. The molecule has 0 saturated carbocycles. The second-order valence-corrected chi connectivity index (χ2v) is 6.25. The number of carbonyl (C=O) groups is 1. The number of benzene rings is 1. The van der Waals surface area contributed by atoms with Crippen LogP contribution in [0.3, 0.4) is 0 Å². The number of hydrogen-bond acceptors (Lipinski definition) is 6. The number of pyridine rings is 2. The number of hydrogen-bond donors (Lipinski definition) is 1. The van der Waals surface area contributed by atoms with E-state index in [9.17, 15) is 4.79 Å². The number of amides is 1. The van der Waals surface area contributed by atoms with Crippen LogP contribution in [0.5, 0.6) is 17.4 Å². The normalized spacial score (nSPS) is 16.5. The summed E-state index contributed by atoms with van der Waals surface area (Å²) in [7, 11) is 0. The summed E-state index contributed by atoms with van der Waals surface area (Å²) in [5.41, 5.74) is 3.49. The molecule has 0 spiro atoms. The van der Waals surface area contributed by atoms with E-state index in [0.29, 0.717) is 29.5 Å². The Balaban J connectivity index is 1.36. The molecule has 1 N–H and O–H groups in total. The van der Waals surface area contributed by atoms with Crippen molar-refractivity contribution in [2.24, 2.45) is 0 Å². The van der Waals surface area contributed by atoms with Crippen LogP contribution in [0.25, 0.3) is 11.1 Å². The van der Waals surface area contributed by atoms with E-state index in [1.165, 1.54) is 0 Å². The first kappa shape index (κ1) is 15.6. The fourth-order valence-corrected chi connectivity index (χ4v) is 3.27. The first-order valence-corrected chi connectivity index (χ1v) is 8.53. The Bertz CT molecular complexity index is 1020. The second-order valence-electron chi connectivity index (χ2n) is 6.25. The van der Waals surface area contributed by atoms with E-state index in [-0.39, 0.29) is 12.7 Å². The van der Waals surface area contributed by atoms with E-state index in [2.05, 4.69) is 15.3 Å². The van der Waals surface area contributed by atoms with Gasteiger partial charge in [-0.3, -0.25) is 9.78 Å². The van der Waals surface area contributed by atoms with Crippen LogP contribution in [0, 0.1) is 0 Å². The summed E-state index contributed by atoms with van der Waals surface area (Å²) < 4.78 is 16.4. The molecule has 0 radical (unpaired) electrons. The molecule has 0 bridgehead atoms. The van der Waals surface area contributed by atoms with Crippen molar-refractivity contribution < 1.29 is 19.0 Å². The second kappa shape index (κ2) is 6.28. The van der Waals surface area contributed by atoms with Crippen molar-refractivity contribution in [2.75, 3.05) is 12.1 Å². The summed E-state index contributed by atoms with van der Waals surface area (Å²) >= 11 is 0. The fraction of sp³-hybridized carbons (Fsp3) is 0.150. The molecule has 7 nitrogen and oxygen atoms in total. The standard InChI is InChI=1S/C20H15N3O4/c24-19(23-13-3-4-16-17(8-13)26-11-25-16)18-9-15-14(5-7-22-20(15)27-18)12-2-1-6-21-10-12/h1-8,10,18H,9,11H2,(H,23,24). The molecule has 2 aromatic heterocycles. The highest BCUT2D eigenvalue weighted by atomic mass is 16.7. The first-order chi connectivity index (χ1) is 13.3. The minimum absolute atomic E-state index is 0.191. The van der Waals surface area contributed by atoms with Gasteiger partial charge in [0.2, 0.25) is 12.7 Å². The van der Waals surface area contributed by atoms with Crippen molar-refractivity contribution >= 4 is 11.6 Å². The van der Waals surface area contributed by atoms with Crippen LogP contribution in [0.4, 0.5) is 5.69 Å². The maximum absolute atomic E-state index is 12.7. The summed E-state index contributed by atoms with van der Waals surface area (Å²) in [5, 5.41) is 2.87. The van der Waals surface area contributed by atoms with Crippen LogP contribution in [-0.2, 0) is 11.2 Å². The van der Waals surface area contributed by atoms with Crippen molar-refractivity contribution in [2.45, 2.75) is 12.5 Å². The first-order valence-electron chi connectivity index (χ1n) is 8.53. The summed E-state index contributed by atoms with van der Waals surface area (Å²) in [6, 6.07) is 11.0. The molecule has 3 aromatic rings. The highest BCUT2D eigenvalue weighted by Crippen LogP contribution is 2.36. The Kier molecular flexibility index (Phi) is 3.64. The largest absolute Gasteiger partial charge is 0.464 e. The summed E-state index contributed by atoms with van der Waals surface area (Å²) in [6.07, 6.45) is 5.00. The Hall–Kier alpha value is -3.61. The number of anilines is 1. The Morgan fingerprint density at radius 3 is 2.93 bits per heavy atom. The van der Waals surface area contributed by atoms with Crippen LogP contribution in [0.2, 0.25) is 0 Å². The third kappa shape index (κ3) is 2.83. The van der Waals surface area contributed by atoms with Crippen LogP contribution in [0.15, 0.2) is 55.0 Å². The van der Waals surface area contributed by atoms with Gasteiger partial charge in [-0.1, -0.05) is 6.07 Å². The average molecular weight is 361 g/mol. The third-order valence-corrected chi connectivity index (χ3v) is 4.56. The molecule has 7 heteroatoms. The highest BCUT2D eigenvalue weighted by molar-refractivity contribution is 5.95. The Labute approximate surface area is 154 Å². The van der Waals surface area contributed by atoms with E-state index in [0.717, 1.165) is 16.7 Å². The number of nitrogens with zero attached hydrogens (tertiary/aromatic N) is 2. The van der Waals surface area contributed by atoms with Gasteiger partial charge < -0.3 is 19.5 Å². The molecule has 1 atom stereocenters. The van der Waals surface area contributed by atoms with Gasteiger partial charge in [-0.05, 0) is 29.8 Å². The molecule has 2 aliphatic rings. The lowest BCUT2D eigenvalue weighted by molar-refractivity contribution is -0.122. The zero-order valence-electron chi connectivity index (χ0n) is 14.2. The summed E-state index contributed by atoms with van der Waals surface area (Å²) in [5.74, 6) is 1.54. The molecular formula is C20H15N3O4. The molecule has 134 valence electrons. The topological polar surface area (TPSA) is 82.6 Å². The lowest BCUT2D eigenvalue weighted by Gasteiger charge is -2.11. The van der Waals surface area contributed by atoms with E-state index in [1.807, 2.05) is 18.2 Å². The lowest BCUT2D eigenvalue weighted by Crippen LogP contribution is -2.31. The molecule has 4 heterocycles. The molecule has 5 rings (SSSR count). The van der Waals surface area contributed by atoms with Crippen molar-refractivity contribution in [1.82, 2.24) is 9.97 Å². The van der Waals surface area contributed by atoms with E-state index < -0.39 is 6.10 Å². The molecular weight excluding hydrogens is 346 g/mol. The van der Waals surface area contributed by atoms with Crippen LogP contribution in [-0.4, -0.2) is 28.8 Å². The highest BCUT2D eigenvalue weighted by Gasteiger charge is 2.32. The van der Waals surface area contributed by atoms with Crippen LogP contribution < -0.4 is 19.5 Å². The molecule has 1 amide bonds. The van der Waals surface area contributed by atoms with E-state index in [4.69, 9.17) is 14.2 Å². The molecule has 2 aliphatic heterocycles. The number of rotatable bonds is 3. The average Bonchev–Trinajstić information content (AvgIpc) is 3.34. The van der Waals surface area contributed by atoms with Gasteiger partial charge in [0.05, 0.1) is 0 Å². The Morgan fingerprint density at radius 2 is 2.04 bits per heavy atom. The molecule has 0 fully saturated rings. The van der Waals surface area contributed by atoms with Crippen molar-refractivity contribution in [1.29, 1.82) is 0 Å². The molecule has 1 unspecified atom stereocenters. The van der Waals surface area contributed by atoms with E-state index in [1.54, 1.807) is 36.8 Å². The number of carbonyl (C=O) groups excluding carboxylic acids is 1. The van der Waals surface area contributed by atoms with Crippen LogP contribution >= 0.6 is 0 Å². The Morgan fingerprint density at radius 1 is 1.11 bits per heavy atom. The summed E-state index contributed by atoms with van der Waals surface area (Å²) in [6.45, 7) is 0.191. The van der Waals surface area contributed by atoms with Gasteiger partial charge in [0.15, 0.2) is 17.6 Å². The van der Waals surface area contributed by atoms with Crippen LogP contribution in [0.1, 0.15) is 5.56 Å². The van der Waals surface area contributed by atoms with Gasteiger partial charge in [0, 0.05) is 47.9 Å². The van der Waals surface area contributed by atoms with E-state index >= 15 is 0 Å². The fourth-order valence-electron chi connectivity index (χ4n) is 3.27. The molecule has 1 aromatic carbocycles. The molecule has 27 heavy (non-hydrogen) atoms. The minimum atomic E-state index is -0.643. The van der Waals surface area contributed by atoms with Gasteiger partial charge >= 0.3 is 0 Å². The smallest absolute Gasteiger partial charge is 0.265 e. The number of aromatic nitrogens is 2. The van der Waals surface area contributed by atoms with Crippen molar-refractivity contribution in [3.63, 3.8) is 0 Å². The maximum atomic E-state index is 12.7. The predicted octanol–water partition coefficient (Wildman–Crippen LogP) is 2.81. The molecule has 0 aliphatic carbocycles. The minimum Gasteiger partial charge on any atom is -0.464 e. The van der Waals surface area contributed by atoms with Gasteiger partial charge in [-0.15, -0.1) is 0 Å². The quantitative estimate of drug-likeness (QED) is 0.772. The van der Waals surface area contributed by atoms with Gasteiger partial charge in [-0.2, -0.15) is 0 Å². The maximum Gasteiger partial charge on any atom is 0.265 e. The number of fused-ring (bicyclic) bond motifs is 2. The van der Waals surface area contributed by atoms with Gasteiger partial charge in [0.1, 0.15) is 0 Å².